The first-order valence-electron chi connectivity index (χ1n) is 4.87. The molecule has 0 aliphatic heterocycles. The molecule has 86 valence electrons. The van der Waals surface area contributed by atoms with E-state index in [4.69, 9.17) is 14.7 Å². The maximum atomic E-state index is 10.1. The van der Waals surface area contributed by atoms with Crippen LogP contribution in [0.5, 0.6) is 11.5 Å². The van der Waals surface area contributed by atoms with Crippen LogP contribution in [0.4, 0.5) is 0 Å². The van der Waals surface area contributed by atoms with Gasteiger partial charge < -0.3 is 14.6 Å². The highest BCUT2D eigenvalue weighted by molar-refractivity contribution is 5.44. The van der Waals surface area contributed by atoms with Crippen LogP contribution in [0.2, 0.25) is 0 Å². The van der Waals surface area contributed by atoms with E-state index in [0.717, 1.165) is 0 Å². The Balaban J connectivity index is 3.13. The summed E-state index contributed by atoms with van der Waals surface area (Å²) in [6.07, 6.45) is 0.0302. The quantitative estimate of drug-likeness (QED) is 0.842. The Kier molecular flexibility index (Phi) is 3.75. The lowest BCUT2D eigenvalue weighted by Crippen LogP contribution is -2.20. The van der Waals surface area contributed by atoms with Gasteiger partial charge in [-0.3, -0.25) is 0 Å². The topological polar surface area (TPSA) is 62.5 Å². The van der Waals surface area contributed by atoms with E-state index in [1.807, 2.05) is 6.07 Å². The van der Waals surface area contributed by atoms with Gasteiger partial charge in [0.15, 0.2) is 11.5 Å². The number of rotatable bonds is 4. The highest BCUT2D eigenvalue weighted by atomic mass is 16.5. The second kappa shape index (κ2) is 4.86. The van der Waals surface area contributed by atoms with Gasteiger partial charge in [-0.2, -0.15) is 5.26 Å². The molecule has 0 radical (unpaired) electrons. The first-order chi connectivity index (χ1) is 7.55. The van der Waals surface area contributed by atoms with Crippen molar-refractivity contribution >= 4 is 0 Å². The first kappa shape index (κ1) is 12.3. The van der Waals surface area contributed by atoms with Crippen molar-refractivity contribution in [2.45, 2.75) is 18.9 Å². The normalized spacial score (nSPS) is 13.7. The summed E-state index contributed by atoms with van der Waals surface area (Å²) in [4.78, 5) is 0. The van der Waals surface area contributed by atoms with E-state index in [0.29, 0.717) is 17.1 Å². The van der Waals surface area contributed by atoms with Gasteiger partial charge in [0.25, 0.3) is 0 Å². The second-order valence-electron chi connectivity index (χ2n) is 3.68. The van der Waals surface area contributed by atoms with Gasteiger partial charge in [0, 0.05) is 0 Å². The predicted octanol–water partition coefficient (Wildman–Crippen LogP) is 1.82. The number of aliphatic hydroxyl groups is 1. The molecule has 1 aromatic carbocycles. The summed E-state index contributed by atoms with van der Waals surface area (Å²) in [6.45, 7) is 1.59. The van der Waals surface area contributed by atoms with Crippen LogP contribution < -0.4 is 9.47 Å². The van der Waals surface area contributed by atoms with Crippen LogP contribution in [0, 0.1) is 11.3 Å². The number of nitrogens with zero attached hydrogens (tertiary/aromatic N) is 1. The largest absolute Gasteiger partial charge is 0.493 e. The maximum absolute atomic E-state index is 10.1. The average Bonchev–Trinajstić information content (AvgIpc) is 2.28. The molecule has 0 amide bonds. The summed E-state index contributed by atoms with van der Waals surface area (Å²) in [5.74, 6) is 1.14. The molecule has 0 bridgehead atoms. The Labute approximate surface area is 95.0 Å². The Hall–Kier alpha value is -1.73. The molecule has 4 nitrogen and oxygen atoms in total. The van der Waals surface area contributed by atoms with Crippen molar-refractivity contribution in [1.82, 2.24) is 0 Å². The lowest BCUT2D eigenvalue weighted by Gasteiger charge is -2.21. The average molecular weight is 221 g/mol. The molecule has 0 spiro atoms. The van der Waals surface area contributed by atoms with Crippen molar-refractivity contribution in [1.29, 1.82) is 5.26 Å². The summed E-state index contributed by atoms with van der Waals surface area (Å²) in [5.41, 5.74) is -0.541. The smallest absolute Gasteiger partial charge is 0.161 e. The molecular formula is C12H15NO3. The van der Waals surface area contributed by atoms with Gasteiger partial charge in [-0.1, -0.05) is 6.07 Å². The van der Waals surface area contributed by atoms with E-state index in [9.17, 15) is 5.11 Å². The molecule has 0 saturated carbocycles. The molecule has 0 aliphatic carbocycles. The zero-order valence-electron chi connectivity index (χ0n) is 9.65. The van der Waals surface area contributed by atoms with Gasteiger partial charge in [0.2, 0.25) is 0 Å². The highest BCUT2D eigenvalue weighted by Crippen LogP contribution is 2.33. The van der Waals surface area contributed by atoms with Crippen molar-refractivity contribution in [2.75, 3.05) is 14.2 Å². The van der Waals surface area contributed by atoms with E-state index in [1.165, 1.54) is 7.11 Å². The molecule has 1 unspecified atom stereocenters. The van der Waals surface area contributed by atoms with E-state index in [-0.39, 0.29) is 6.42 Å². The molecule has 0 aromatic heterocycles. The summed E-state index contributed by atoms with van der Waals surface area (Å²) in [7, 11) is 3.07. The van der Waals surface area contributed by atoms with Crippen LogP contribution in [-0.4, -0.2) is 19.3 Å². The number of benzene rings is 1. The van der Waals surface area contributed by atoms with Crippen LogP contribution >= 0.6 is 0 Å². The maximum Gasteiger partial charge on any atom is 0.161 e. The fraction of sp³-hybridized carbons (Fsp3) is 0.417. The molecule has 0 heterocycles. The monoisotopic (exact) mass is 221 g/mol. The fourth-order valence-electron chi connectivity index (χ4n) is 1.43. The number of methoxy groups -OCH3 is 2. The molecule has 1 rings (SSSR count). The molecular weight excluding hydrogens is 206 g/mol. The SMILES string of the molecule is COc1ccc(C(C)(O)CC#N)cc1OC. The third-order valence-corrected chi connectivity index (χ3v) is 2.43. The Morgan fingerprint density at radius 1 is 1.31 bits per heavy atom. The minimum absolute atomic E-state index is 0.0302. The first-order valence-corrected chi connectivity index (χ1v) is 4.87. The highest BCUT2D eigenvalue weighted by Gasteiger charge is 2.24. The van der Waals surface area contributed by atoms with Crippen molar-refractivity contribution in [3.05, 3.63) is 23.8 Å². The zero-order valence-corrected chi connectivity index (χ0v) is 9.65. The Morgan fingerprint density at radius 3 is 2.44 bits per heavy atom. The van der Waals surface area contributed by atoms with Crippen molar-refractivity contribution in [2.24, 2.45) is 0 Å². The number of hydrogen-bond acceptors (Lipinski definition) is 4. The molecule has 0 saturated heterocycles. The van der Waals surface area contributed by atoms with E-state index < -0.39 is 5.60 Å². The number of hydrogen-bond donors (Lipinski definition) is 1. The van der Waals surface area contributed by atoms with Gasteiger partial charge in [-0.25, -0.2) is 0 Å². The van der Waals surface area contributed by atoms with Crippen LogP contribution in [-0.2, 0) is 5.60 Å². The summed E-state index contributed by atoms with van der Waals surface area (Å²) in [5, 5.41) is 18.7. The number of nitriles is 1. The summed E-state index contributed by atoms with van der Waals surface area (Å²) >= 11 is 0. The zero-order chi connectivity index (χ0) is 12.2. The molecule has 1 atom stereocenters. The molecule has 16 heavy (non-hydrogen) atoms. The van der Waals surface area contributed by atoms with Gasteiger partial charge in [-0.15, -0.1) is 0 Å². The van der Waals surface area contributed by atoms with Crippen LogP contribution in [0.25, 0.3) is 0 Å². The molecule has 1 aromatic rings. The van der Waals surface area contributed by atoms with Crippen molar-refractivity contribution < 1.29 is 14.6 Å². The molecule has 4 heteroatoms. The van der Waals surface area contributed by atoms with E-state index in [2.05, 4.69) is 0 Å². The number of ether oxygens (including phenoxy) is 2. The standard InChI is InChI=1S/C12H15NO3/c1-12(14,6-7-13)9-4-5-10(15-2)11(8-9)16-3/h4-5,8,14H,6H2,1-3H3. The molecule has 1 N–H and O–H groups in total. The van der Waals surface area contributed by atoms with Crippen molar-refractivity contribution in [3.8, 4) is 17.6 Å². The van der Waals surface area contributed by atoms with E-state index in [1.54, 1.807) is 32.2 Å². The lowest BCUT2D eigenvalue weighted by molar-refractivity contribution is 0.0621. The minimum Gasteiger partial charge on any atom is -0.493 e. The van der Waals surface area contributed by atoms with Gasteiger partial charge in [0.1, 0.15) is 0 Å². The van der Waals surface area contributed by atoms with Gasteiger partial charge in [-0.05, 0) is 24.6 Å². The Morgan fingerprint density at radius 2 is 1.94 bits per heavy atom. The Bertz CT molecular complexity index is 407. The predicted molar refractivity (Wildman–Crippen MR) is 59.3 cm³/mol. The fourth-order valence-corrected chi connectivity index (χ4v) is 1.43. The molecule has 0 fully saturated rings. The van der Waals surface area contributed by atoms with Gasteiger partial charge in [0.05, 0.1) is 32.3 Å². The van der Waals surface area contributed by atoms with Crippen LogP contribution in [0.15, 0.2) is 18.2 Å². The van der Waals surface area contributed by atoms with E-state index >= 15 is 0 Å². The third kappa shape index (κ3) is 2.44. The van der Waals surface area contributed by atoms with Crippen molar-refractivity contribution in [3.63, 3.8) is 0 Å². The summed E-state index contributed by atoms with van der Waals surface area (Å²) in [6, 6.07) is 7.06. The lowest BCUT2D eigenvalue weighted by atomic mass is 9.93. The minimum atomic E-state index is -1.17. The summed E-state index contributed by atoms with van der Waals surface area (Å²) < 4.78 is 10.2. The molecule has 0 aliphatic rings. The second-order valence-corrected chi connectivity index (χ2v) is 3.68. The third-order valence-electron chi connectivity index (χ3n) is 2.43. The van der Waals surface area contributed by atoms with Crippen LogP contribution in [0.3, 0.4) is 0 Å². The van der Waals surface area contributed by atoms with Gasteiger partial charge >= 0.3 is 0 Å². The van der Waals surface area contributed by atoms with Crippen LogP contribution in [0.1, 0.15) is 18.9 Å².